The lowest BCUT2D eigenvalue weighted by Crippen LogP contribution is -2.43. The molecular formula is C15H25IN4O. The first-order valence-corrected chi connectivity index (χ1v) is 6.92. The normalized spacial score (nSPS) is 10.5. The molecule has 1 rings (SSSR count). The molecule has 1 aromatic rings. The maximum atomic E-state index is 11.5. The van der Waals surface area contributed by atoms with Gasteiger partial charge in [-0.15, -0.1) is 24.0 Å². The first-order valence-electron chi connectivity index (χ1n) is 6.92. The summed E-state index contributed by atoms with van der Waals surface area (Å²) in [5.41, 5.74) is 2.41. The van der Waals surface area contributed by atoms with Crippen molar-refractivity contribution in [2.75, 3.05) is 20.1 Å². The van der Waals surface area contributed by atoms with E-state index >= 15 is 0 Å². The molecule has 0 fully saturated rings. The van der Waals surface area contributed by atoms with Crippen molar-refractivity contribution in [3.8, 4) is 0 Å². The summed E-state index contributed by atoms with van der Waals surface area (Å²) in [5.74, 6) is 0.600. The van der Waals surface area contributed by atoms with Crippen molar-refractivity contribution >= 4 is 35.8 Å². The quantitative estimate of drug-likeness (QED) is 0.385. The molecule has 0 unspecified atom stereocenters. The van der Waals surface area contributed by atoms with E-state index in [0.29, 0.717) is 19.0 Å². The molecule has 0 aliphatic rings. The maximum absolute atomic E-state index is 11.5. The maximum Gasteiger partial charge on any atom is 0.239 e. The summed E-state index contributed by atoms with van der Waals surface area (Å²) in [4.78, 5) is 15.6. The number of hydrogen-bond acceptors (Lipinski definition) is 2. The van der Waals surface area contributed by atoms with Crippen LogP contribution in [0.5, 0.6) is 0 Å². The molecule has 1 aromatic carbocycles. The molecule has 21 heavy (non-hydrogen) atoms. The van der Waals surface area contributed by atoms with E-state index in [0.717, 1.165) is 6.42 Å². The number of halogens is 1. The predicted molar refractivity (Wildman–Crippen MR) is 98.1 cm³/mol. The van der Waals surface area contributed by atoms with Crippen molar-refractivity contribution in [2.24, 2.45) is 4.99 Å². The minimum atomic E-state index is -0.0228. The molecule has 0 saturated carbocycles. The Balaban J connectivity index is 0.00000400. The molecule has 1 amide bonds. The zero-order chi connectivity index (χ0) is 14.8. The highest BCUT2D eigenvalue weighted by molar-refractivity contribution is 14.0. The monoisotopic (exact) mass is 404 g/mol. The van der Waals surface area contributed by atoms with Crippen LogP contribution in [0.2, 0.25) is 0 Å². The van der Waals surface area contributed by atoms with Gasteiger partial charge in [0.05, 0.1) is 6.54 Å². The second-order valence-electron chi connectivity index (χ2n) is 4.62. The van der Waals surface area contributed by atoms with E-state index < -0.39 is 0 Å². The van der Waals surface area contributed by atoms with Crippen LogP contribution in [0.4, 0.5) is 0 Å². The van der Waals surface area contributed by atoms with E-state index in [9.17, 15) is 4.79 Å². The summed E-state index contributed by atoms with van der Waals surface area (Å²) in [7, 11) is 1.69. The van der Waals surface area contributed by atoms with Crippen LogP contribution in [0.1, 0.15) is 24.5 Å². The van der Waals surface area contributed by atoms with Gasteiger partial charge in [-0.1, -0.05) is 36.8 Å². The van der Waals surface area contributed by atoms with Crippen LogP contribution in [0, 0.1) is 6.92 Å². The Bertz CT molecular complexity index is 463. The summed E-state index contributed by atoms with van der Waals surface area (Å²) in [5, 5.41) is 8.98. The third kappa shape index (κ3) is 8.54. The summed E-state index contributed by atoms with van der Waals surface area (Å²) >= 11 is 0. The van der Waals surface area contributed by atoms with Gasteiger partial charge in [0.15, 0.2) is 5.96 Å². The SMILES string of the molecule is CCCNC(=O)CNC(=NC)NCc1cccc(C)c1.I. The molecule has 118 valence electrons. The second kappa shape index (κ2) is 11.4. The van der Waals surface area contributed by atoms with Crippen LogP contribution in [-0.2, 0) is 11.3 Å². The topological polar surface area (TPSA) is 65.5 Å². The molecule has 0 aliphatic carbocycles. The fourth-order valence-electron chi connectivity index (χ4n) is 1.72. The third-order valence-electron chi connectivity index (χ3n) is 2.75. The van der Waals surface area contributed by atoms with Gasteiger partial charge in [-0.05, 0) is 18.9 Å². The Labute approximate surface area is 144 Å². The van der Waals surface area contributed by atoms with Crippen molar-refractivity contribution in [2.45, 2.75) is 26.8 Å². The lowest BCUT2D eigenvalue weighted by Gasteiger charge is -2.12. The molecule has 0 bridgehead atoms. The van der Waals surface area contributed by atoms with Gasteiger partial charge < -0.3 is 16.0 Å². The zero-order valence-electron chi connectivity index (χ0n) is 12.9. The van der Waals surface area contributed by atoms with Crippen molar-refractivity contribution in [1.29, 1.82) is 0 Å². The van der Waals surface area contributed by atoms with Gasteiger partial charge in [-0.3, -0.25) is 9.79 Å². The highest BCUT2D eigenvalue weighted by Crippen LogP contribution is 2.02. The minimum Gasteiger partial charge on any atom is -0.355 e. The number of carbonyl (C=O) groups excluding carboxylic acids is 1. The van der Waals surface area contributed by atoms with Gasteiger partial charge in [0, 0.05) is 20.1 Å². The van der Waals surface area contributed by atoms with Crippen LogP contribution in [-0.4, -0.2) is 32.0 Å². The van der Waals surface area contributed by atoms with E-state index in [1.54, 1.807) is 7.05 Å². The molecule has 0 atom stereocenters. The fourth-order valence-corrected chi connectivity index (χ4v) is 1.72. The standard InChI is InChI=1S/C15H24N4O.HI/c1-4-8-17-14(20)11-19-15(16-3)18-10-13-7-5-6-12(2)9-13;/h5-7,9H,4,8,10-11H2,1-3H3,(H,17,20)(H2,16,18,19);1H. The molecule has 0 saturated heterocycles. The largest absolute Gasteiger partial charge is 0.355 e. The Morgan fingerprint density at radius 1 is 1.24 bits per heavy atom. The van der Waals surface area contributed by atoms with Crippen LogP contribution >= 0.6 is 24.0 Å². The summed E-state index contributed by atoms with van der Waals surface area (Å²) in [6.45, 7) is 5.70. The van der Waals surface area contributed by atoms with Crippen LogP contribution < -0.4 is 16.0 Å². The van der Waals surface area contributed by atoms with Crippen LogP contribution in [0.15, 0.2) is 29.3 Å². The minimum absolute atomic E-state index is 0. The second-order valence-corrected chi connectivity index (χ2v) is 4.62. The van der Waals surface area contributed by atoms with Gasteiger partial charge in [0.25, 0.3) is 0 Å². The van der Waals surface area contributed by atoms with Crippen molar-refractivity contribution in [3.05, 3.63) is 35.4 Å². The number of aryl methyl sites for hydroxylation is 1. The van der Waals surface area contributed by atoms with Crippen LogP contribution in [0.25, 0.3) is 0 Å². The van der Waals surface area contributed by atoms with E-state index in [-0.39, 0.29) is 36.4 Å². The number of amides is 1. The molecule has 0 heterocycles. The third-order valence-corrected chi connectivity index (χ3v) is 2.75. The molecular weight excluding hydrogens is 379 g/mol. The van der Waals surface area contributed by atoms with E-state index in [1.165, 1.54) is 11.1 Å². The Kier molecular flexibility index (Phi) is 10.7. The Hall–Kier alpha value is -1.31. The summed E-state index contributed by atoms with van der Waals surface area (Å²) < 4.78 is 0. The van der Waals surface area contributed by atoms with Crippen molar-refractivity contribution in [1.82, 2.24) is 16.0 Å². The number of nitrogens with zero attached hydrogens (tertiary/aromatic N) is 1. The zero-order valence-corrected chi connectivity index (χ0v) is 15.2. The van der Waals surface area contributed by atoms with Crippen molar-refractivity contribution in [3.63, 3.8) is 0 Å². The number of benzene rings is 1. The molecule has 5 nitrogen and oxygen atoms in total. The number of carbonyl (C=O) groups is 1. The lowest BCUT2D eigenvalue weighted by atomic mass is 10.1. The lowest BCUT2D eigenvalue weighted by molar-refractivity contribution is -0.120. The summed E-state index contributed by atoms with van der Waals surface area (Å²) in [6, 6.07) is 8.27. The first kappa shape index (κ1) is 19.7. The van der Waals surface area contributed by atoms with Gasteiger partial charge in [-0.2, -0.15) is 0 Å². The average molecular weight is 404 g/mol. The van der Waals surface area contributed by atoms with Gasteiger partial charge in [0.2, 0.25) is 5.91 Å². The number of rotatable bonds is 6. The van der Waals surface area contributed by atoms with E-state index in [2.05, 4.69) is 46.1 Å². The highest BCUT2D eigenvalue weighted by Gasteiger charge is 2.02. The fraction of sp³-hybridized carbons (Fsp3) is 0.467. The smallest absolute Gasteiger partial charge is 0.239 e. The molecule has 0 aliphatic heterocycles. The van der Waals surface area contributed by atoms with E-state index in [1.807, 2.05) is 13.0 Å². The Morgan fingerprint density at radius 3 is 2.62 bits per heavy atom. The first-order chi connectivity index (χ1) is 9.65. The molecule has 0 aromatic heterocycles. The van der Waals surface area contributed by atoms with Crippen LogP contribution in [0.3, 0.4) is 0 Å². The molecule has 6 heteroatoms. The molecule has 3 N–H and O–H groups in total. The van der Waals surface area contributed by atoms with E-state index in [4.69, 9.17) is 0 Å². The number of nitrogens with one attached hydrogen (secondary N) is 3. The molecule has 0 spiro atoms. The number of hydrogen-bond donors (Lipinski definition) is 3. The van der Waals surface area contributed by atoms with Gasteiger partial charge in [-0.25, -0.2) is 0 Å². The molecule has 0 radical (unpaired) electrons. The number of aliphatic imine (C=N–C) groups is 1. The number of guanidine groups is 1. The van der Waals surface area contributed by atoms with Crippen molar-refractivity contribution < 1.29 is 4.79 Å². The van der Waals surface area contributed by atoms with Gasteiger partial charge >= 0.3 is 0 Å². The summed E-state index contributed by atoms with van der Waals surface area (Å²) in [6.07, 6.45) is 0.937. The Morgan fingerprint density at radius 2 is 2.00 bits per heavy atom. The highest BCUT2D eigenvalue weighted by atomic mass is 127. The predicted octanol–water partition coefficient (Wildman–Crippen LogP) is 1.80. The van der Waals surface area contributed by atoms with Gasteiger partial charge in [0.1, 0.15) is 0 Å². The average Bonchev–Trinajstić information content (AvgIpc) is 2.45.